The highest BCUT2D eigenvalue weighted by Crippen LogP contribution is 2.09. The van der Waals surface area contributed by atoms with Gasteiger partial charge < -0.3 is 16.3 Å². The lowest BCUT2D eigenvalue weighted by Crippen LogP contribution is -2.46. The molecule has 15 heavy (non-hydrogen) atoms. The zero-order chi connectivity index (χ0) is 11.4. The van der Waals surface area contributed by atoms with Crippen molar-refractivity contribution in [2.24, 2.45) is 5.73 Å². The van der Waals surface area contributed by atoms with E-state index in [0.29, 0.717) is 4.73 Å². The Morgan fingerprint density at radius 2 is 2.40 bits per heavy atom. The number of hydrogen-bond acceptors (Lipinski definition) is 3. The third-order valence-corrected chi connectivity index (χ3v) is 1.68. The summed E-state index contributed by atoms with van der Waals surface area (Å²) < 4.78 is 0.522. The van der Waals surface area contributed by atoms with Crippen LogP contribution >= 0.6 is 0 Å². The molecule has 0 aromatic carbocycles. The van der Waals surface area contributed by atoms with E-state index in [4.69, 9.17) is 11.1 Å². The first-order chi connectivity index (χ1) is 7.06. The van der Waals surface area contributed by atoms with Crippen LogP contribution in [0.1, 0.15) is 0 Å². The lowest BCUT2D eigenvalue weighted by atomic mass is 10.4. The Bertz CT molecular complexity index is 392. The number of pyridine rings is 1. The first-order valence-corrected chi connectivity index (χ1v) is 4.11. The predicted molar refractivity (Wildman–Crippen MR) is 54.3 cm³/mol. The van der Waals surface area contributed by atoms with Crippen molar-refractivity contribution in [2.45, 2.75) is 0 Å². The third kappa shape index (κ3) is 2.33. The monoisotopic (exact) mass is 209 g/mol. The number of carbonyl (C=O) groups is 1. The zero-order valence-electron chi connectivity index (χ0n) is 8.10. The number of aromatic nitrogens is 1. The molecule has 1 rings (SSSR count). The summed E-state index contributed by atoms with van der Waals surface area (Å²) in [6.45, 7) is 0. The minimum Gasteiger partial charge on any atom is -0.619 e. The number of rotatable bonds is 1. The summed E-state index contributed by atoms with van der Waals surface area (Å²) in [4.78, 5) is 12.2. The largest absolute Gasteiger partial charge is 0.619 e. The number of guanidine groups is 1. The number of urea groups is 1. The van der Waals surface area contributed by atoms with E-state index >= 15 is 0 Å². The van der Waals surface area contributed by atoms with E-state index in [1.54, 1.807) is 0 Å². The molecule has 7 nitrogen and oxygen atoms in total. The molecule has 0 aliphatic carbocycles. The normalized spacial score (nSPS) is 9.40. The van der Waals surface area contributed by atoms with Crippen LogP contribution < -0.4 is 20.7 Å². The number of nitrogens with one attached hydrogen (secondary N) is 2. The fraction of sp³-hybridized carbons (Fsp3) is 0.125. The maximum absolute atomic E-state index is 11.3. The van der Waals surface area contributed by atoms with Crippen LogP contribution in [-0.2, 0) is 0 Å². The van der Waals surface area contributed by atoms with Crippen molar-refractivity contribution >= 4 is 17.7 Å². The van der Waals surface area contributed by atoms with E-state index in [1.165, 1.54) is 25.4 Å². The molecule has 0 bridgehead atoms. The van der Waals surface area contributed by atoms with Crippen LogP contribution in [0.15, 0.2) is 24.5 Å². The van der Waals surface area contributed by atoms with Gasteiger partial charge in [0.2, 0.25) is 12.2 Å². The van der Waals surface area contributed by atoms with Gasteiger partial charge in [-0.1, -0.05) is 0 Å². The molecule has 0 spiro atoms. The Hall–Kier alpha value is -2.31. The quantitative estimate of drug-likeness (QED) is 0.247. The first kappa shape index (κ1) is 10.8. The molecule has 0 unspecified atom stereocenters. The highest BCUT2D eigenvalue weighted by Gasteiger charge is 2.18. The van der Waals surface area contributed by atoms with Crippen LogP contribution in [0.5, 0.6) is 0 Å². The molecule has 0 saturated heterocycles. The van der Waals surface area contributed by atoms with Crippen molar-refractivity contribution in [1.29, 1.82) is 5.41 Å². The molecule has 1 heterocycles. The Kier molecular flexibility index (Phi) is 3.06. The Morgan fingerprint density at radius 3 is 2.87 bits per heavy atom. The molecular formula is C8H11N5O2. The summed E-state index contributed by atoms with van der Waals surface area (Å²) in [6.07, 6.45) is 2.42. The van der Waals surface area contributed by atoms with Gasteiger partial charge in [-0.2, -0.15) is 4.73 Å². The fourth-order valence-corrected chi connectivity index (χ4v) is 1.05. The van der Waals surface area contributed by atoms with Crippen molar-refractivity contribution < 1.29 is 9.52 Å². The van der Waals surface area contributed by atoms with Gasteiger partial charge in [0.1, 0.15) is 5.69 Å². The van der Waals surface area contributed by atoms with Gasteiger partial charge in [0.25, 0.3) is 0 Å². The van der Waals surface area contributed by atoms with Gasteiger partial charge in [-0.05, 0) is 6.07 Å². The molecule has 1 aromatic rings. The summed E-state index contributed by atoms with van der Waals surface area (Å²) in [5.74, 6) is -0.458. The Morgan fingerprint density at radius 1 is 1.73 bits per heavy atom. The van der Waals surface area contributed by atoms with Gasteiger partial charge in [-0.15, -0.1) is 0 Å². The predicted octanol–water partition coefficient (Wildman–Crippen LogP) is -0.641. The van der Waals surface area contributed by atoms with Crippen molar-refractivity contribution in [1.82, 2.24) is 5.32 Å². The summed E-state index contributed by atoms with van der Waals surface area (Å²) >= 11 is 0. The minimum atomic E-state index is -0.575. The molecule has 0 radical (unpaired) electrons. The SMILES string of the molecule is CNC(=O)N(C(=N)N)c1ccc[n+]([O-])c1. The summed E-state index contributed by atoms with van der Waals surface area (Å²) in [6, 6.07) is 2.39. The number of nitrogens with two attached hydrogens (primary N) is 1. The van der Waals surface area contributed by atoms with Crippen LogP contribution in [0.3, 0.4) is 0 Å². The molecule has 2 amide bonds. The Labute approximate surface area is 86.2 Å². The van der Waals surface area contributed by atoms with Gasteiger partial charge >= 0.3 is 6.03 Å². The smallest absolute Gasteiger partial charge is 0.328 e. The fourth-order valence-electron chi connectivity index (χ4n) is 1.05. The second kappa shape index (κ2) is 4.27. The first-order valence-electron chi connectivity index (χ1n) is 4.11. The number of hydrogen-bond donors (Lipinski definition) is 3. The summed E-state index contributed by atoms with van der Waals surface area (Å²) in [5, 5.41) is 20.5. The van der Waals surface area contributed by atoms with Gasteiger partial charge in [-0.25, -0.2) is 9.69 Å². The average Bonchev–Trinajstić information content (AvgIpc) is 2.17. The van der Waals surface area contributed by atoms with E-state index in [9.17, 15) is 10.0 Å². The van der Waals surface area contributed by atoms with Crippen LogP contribution in [0, 0.1) is 10.6 Å². The number of amides is 2. The van der Waals surface area contributed by atoms with Crippen molar-refractivity contribution in [3.8, 4) is 0 Å². The van der Waals surface area contributed by atoms with E-state index in [0.717, 1.165) is 11.1 Å². The second-order valence-corrected chi connectivity index (χ2v) is 2.70. The van der Waals surface area contributed by atoms with E-state index in [-0.39, 0.29) is 5.69 Å². The number of anilines is 1. The van der Waals surface area contributed by atoms with E-state index < -0.39 is 12.0 Å². The van der Waals surface area contributed by atoms with Crippen LogP contribution in [-0.4, -0.2) is 19.0 Å². The lowest BCUT2D eigenvalue weighted by Gasteiger charge is -2.18. The maximum atomic E-state index is 11.3. The number of nitrogens with zero attached hydrogens (tertiary/aromatic N) is 2. The highest BCUT2D eigenvalue weighted by atomic mass is 16.5. The highest BCUT2D eigenvalue weighted by molar-refractivity contribution is 6.13. The second-order valence-electron chi connectivity index (χ2n) is 2.70. The van der Waals surface area contributed by atoms with Crippen molar-refractivity contribution in [3.05, 3.63) is 29.7 Å². The summed E-state index contributed by atoms with van der Waals surface area (Å²) in [7, 11) is 1.41. The molecule has 0 aliphatic heterocycles. The molecule has 7 heteroatoms. The molecular weight excluding hydrogens is 198 g/mol. The van der Waals surface area contributed by atoms with Gasteiger partial charge in [0.05, 0.1) is 0 Å². The van der Waals surface area contributed by atoms with E-state index in [1.807, 2.05) is 0 Å². The average molecular weight is 209 g/mol. The third-order valence-electron chi connectivity index (χ3n) is 1.68. The maximum Gasteiger partial charge on any atom is 0.328 e. The van der Waals surface area contributed by atoms with Gasteiger partial charge in [-0.3, -0.25) is 5.41 Å². The molecule has 0 fully saturated rings. The Balaban J connectivity index is 3.10. The lowest BCUT2D eigenvalue weighted by molar-refractivity contribution is -0.604. The molecule has 0 saturated carbocycles. The topological polar surface area (TPSA) is 109 Å². The van der Waals surface area contributed by atoms with E-state index in [2.05, 4.69) is 5.32 Å². The van der Waals surface area contributed by atoms with Crippen LogP contribution in [0.2, 0.25) is 0 Å². The molecule has 80 valence electrons. The zero-order valence-corrected chi connectivity index (χ0v) is 8.10. The van der Waals surface area contributed by atoms with Gasteiger partial charge in [0, 0.05) is 13.1 Å². The molecule has 0 aliphatic rings. The van der Waals surface area contributed by atoms with Gasteiger partial charge in [0.15, 0.2) is 6.20 Å². The van der Waals surface area contributed by atoms with Crippen molar-refractivity contribution in [3.63, 3.8) is 0 Å². The summed E-state index contributed by atoms with van der Waals surface area (Å²) in [5.41, 5.74) is 5.47. The number of carbonyl (C=O) groups excluding carboxylic acids is 1. The molecule has 1 aromatic heterocycles. The standard InChI is InChI=1S/C8H11N5O2/c1-11-8(14)13(7(9)10)6-3-2-4-12(15)5-6/h2-5H,1H3,(H3,9,10)(H,11,14). The molecule has 4 N–H and O–H groups in total. The van der Waals surface area contributed by atoms with Crippen molar-refractivity contribution in [2.75, 3.05) is 11.9 Å². The van der Waals surface area contributed by atoms with Crippen LogP contribution in [0.25, 0.3) is 0 Å². The molecule has 0 atom stereocenters. The minimum absolute atomic E-state index is 0.236. The van der Waals surface area contributed by atoms with Crippen LogP contribution in [0.4, 0.5) is 10.5 Å².